The highest BCUT2D eigenvalue weighted by Crippen LogP contribution is 2.27. The molecule has 1 aromatic heterocycles. The molecule has 146 valence electrons. The van der Waals surface area contributed by atoms with Crippen molar-refractivity contribution in [2.45, 2.75) is 20.4 Å². The highest BCUT2D eigenvalue weighted by Gasteiger charge is 2.12. The molecule has 3 rings (SSSR count). The Labute approximate surface area is 175 Å². The van der Waals surface area contributed by atoms with Gasteiger partial charge in [0.05, 0.1) is 16.1 Å². The molecule has 0 atom stereocenters. The molecule has 0 spiro atoms. The van der Waals surface area contributed by atoms with Crippen molar-refractivity contribution in [2.75, 3.05) is 6.61 Å². The molecule has 2 aromatic carbocycles. The Morgan fingerprint density at radius 1 is 1.21 bits per heavy atom. The molecule has 0 saturated heterocycles. The van der Waals surface area contributed by atoms with Gasteiger partial charge >= 0.3 is 0 Å². The fourth-order valence-corrected chi connectivity index (χ4v) is 3.49. The van der Waals surface area contributed by atoms with Gasteiger partial charge in [0.15, 0.2) is 6.61 Å². The van der Waals surface area contributed by atoms with Gasteiger partial charge in [-0.2, -0.15) is 0 Å². The number of carbonyl (C=O) groups excluding carboxylic acids is 2. The maximum Gasteiger partial charge on any atom is 0.276 e. The number of imidazole rings is 1. The molecular weight excluding hydrogens is 448 g/mol. The van der Waals surface area contributed by atoms with E-state index in [1.807, 2.05) is 19.9 Å². The van der Waals surface area contributed by atoms with Gasteiger partial charge < -0.3 is 9.30 Å². The quantitative estimate of drug-likeness (QED) is 0.564. The summed E-state index contributed by atoms with van der Waals surface area (Å²) in [6.45, 7) is 4.46. The van der Waals surface area contributed by atoms with Gasteiger partial charge in [0.25, 0.3) is 11.8 Å². The molecule has 28 heavy (non-hydrogen) atoms. The van der Waals surface area contributed by atoms with E-state index in [1.54, 1.807) is 30.3 Å². The fourth-order valence-electron chi connectivity index (χ4n) is 2.76. The van der Waals surface area contributed by atoms with Crippen molar-refractivity contribution >= 4 is 50.4 Å². The number of amides is 2. The largest absolute Gasteiger partial charge is 0.482 e. The van der Waals surface area contributed by atoms with Crippen molar-refractivity contribution < 1.29 is 14.3 Å². The Kier molecular flexibility index (Phi) is 6.21. The highest BCUT2D eigenvalue weighted by atomic mass is 79.9. The molecule has 7 nitrogen and oxygen atoms in total. The lowest BCUT2D eigenvalue weighted by Crippen LogP contribution is -2.43. The number of hydrazine groups is 1. The van der Waals surface area contributed by atoms with Crippen LogP contribution in [0.4, 0.5) is 0 Å². The van der Waals surface area contributed by atoms with Crippen molar-refractivity contribution in [3.05, 3.63) is 57.3 Å². The van der Waals surface area contributed by atoms with Gasteiger partial charge in [0.1, 0.15) is 11.6 Å². The van der Waals surface area contributed by atoms with Crippen LogP contribution in [-0.4, -0.2) is 28.0 Å². The molecule has 0 aliphatic carbocycles. The third kappa shape index (κ3) is 4.45. The van der Waals surface area contributed by atoms with E-state index in [9.17, 15) is 9.59 Å². The summed E-state index contributed by atoms with van der Waals surface area (Å²) in [6, 6.07) is 10.3. The van der Waals surface area contributed by atoms with E-state index in [1.165, 1.54) is 0 Å². The molecule has 2 N–H and O–H groups in total. The first kappa shape index (κ1) is 20.2. The van der Waals surface area contributed by atoms with E-state index in [2.05, 4.69) is 36.3 Å². The Hall–Kier alpha value is -2.58. The van der Waals surface area contributed by atoms with Gasteiger partial charge in [0, 0.05) is 16.6 Å². The lowest BCUT2D eigenvalue weighted by atomic mass is 10.2. The van der Waals surface area contributed by atoms with Crippen LogP contribution in [0.15, 0.2) is 40.9 Å². The molecule has 1 heterocycles. The Morgan fingerprint density at radius 2 is 2.00 bits per heavy atom. The SMILES string of the molecule is CCn1c(C)nc2cc(C(=O)NNC(=O)COc3ccc(Br)cc3Cl)ccc21. The van der Waals surface area contributed by atoms with Crippen LogP contribution in [0.25, 0.3) is 11.0 Å². The fraction of sp³-hybridized carbons (Fsp3) is 0.211. The molecule has 0 aliphatic rings. The summed E-state index contributed by atoms with van der Waals surface area (Å²) in [6.07, 6.45) is 0. The number of nitrogens with one attached hydrogen (secondary N) is 2. The minimum atomic E-state index is -0.514. The van der Waals surface area contributed by atoms with Crippen molar-refractivity contribution in [1.82, 2.24) is 20.4 Å². The van der Waals surface area contributed by atoms with Gasteiger partial charge in [-0.15, -0.1) is 0 Å². The molecule has 9 heteroatoms. The maximum absolute atomic E-state index is 12.3. The van der Waals surface area contributed by atoms with Gasteiger partial charge in [-0.05, 0) is 50.2 Å². The van der Waals surface area contributed by atoms with E-state index in [-0.39, 0.29) is 6.61 Å². The number of hydrogen-bond acceptors (Lipinski definition) is 4. The second-order valence-corrected chi connectivity index (χ2v) is 7.30. The zero-order chi connectivity index (χ0) is 20.3. The van der Waals surface area contributed by atoms with Gasteiger partial charge in [-0.3, -0.25) is 20.4 Å². The molecule has 0 aliphatic heterocycles. The third-order valence-corrected chi connectivity index (χ3v) is 4.87. The van der Waals surface area contributed by atoms with Crippen LogP contribution in [0.3, 0.4) is 0 Å². The maximum atomic E-state index is 12.3. The monoisotopic (exact) mass is 464 g/mol. The summed E-state index contributed by atoms with van der Waals surface area (Å²) in [5.74, 6) is 0.297. The lowest BCUT2D eigenvalue weighted by Gasteiger charge is -2.10. The highest BCUT2D eigenvalue weighted by molar-refractivity contribution is 9.10. The van der Waals surface area contributed by atoms with Crippen molar-refractivity contribution in [1.29, 1.82) is 0 Å². The van der Waals surface area contributed by atoms with E-state index in [0.717, 1.165) is 27.9 Å². The summed E-state index contributed by atoms with van der Waals surface area (Å²) >= 11 is 9.32. The molecule has 3 aromatic rings. The van der Waals surface area contributed by atoms with Crippen LogP contribution >= 0.6 is 27.5 Å². The first-order chi connectivity index (χ1) is 13.4. The molecular formula is C19H18BrClN4O3. The predicted molar refractivity (Wildman–Crippen MR) is 110 cm³/mol. The predicted octanol–water partition coefficient (Wildman–Crippen LogP) is 3.62. The molecule has 0 radical (unpaired) electrons. The summed E-state index contributed by atoms with van der Waals surface area (Å²) in [5.41, 5.74) is 6.76. The summed E-state index contributed by atoms with van der Waals surface area (Å²) in [4.78, 5) is 28.7. The van der Waals surface area contributed by atoms with Crippen LogP contribution < -0.4 is 15.6 Å². The topological polar surface area (TPSA) is 85.3 Å². The summed E-state index contributed by atoms with van der Waals surface area (Å²) in [5, 5.41) is 0.376. The molecule has 0 bridgehead atoms. The van der Waals surface area contributed by atoms with Crippen LogP contribution in [0.5, 0.6) is 5.75 Å². The number of hydrogen-bond donors (Lipinski definition) is 2. The van der Waals surface area contributed by atoms with Crippen LogP contribution in [-0.2, 0) is 11.3 Å². The number of nitrogens with zero attached hydrogens (tertiary/aromatic N) is 2. The van der Waals surface area contributed by atoms with Crippen LogP contribution in [0.1, 0.15) is 23.1 Å². The second kappa shape index (κ2) is 8.62. The minimum Gasteiger partial charge on any atom is -0.482 e. The normalized spacial score (nSPS) is 10.7. The summed E-state index contributed by atoms with van der Waals surface area (Å²) in [7, 11) is 0. The molecule has 0 saturated carbocycles. The van der Waals surface area contributed by atoms with Gasteiger partial charge in [0.2, 0.25) is 0 Å². The number of benzene rings is 2. The van der Waals surface area contributed by atoms with E-state index >= 15 is 0 Å². The standard InChI is InChI=1S/C19H18BrClN4O3/c1-3-25-11(2)22-15-8-12(4-6-16(15)25)19(27)24-23-18(26)10-28-17-7-5-13(20)9-14(17)21/h4-9H,3,10H2,1-2H3,(H,23,26)(H,24,27). The number of rotatable bonds is 5. The number of aryl methyl sites for hydroxylation is 2. The van der Waals surface area contributed by atoms with Crippen molar-refractivity contribution in [2.24, 2.45) is 0 Å². The van der Waals surface area contributed by atoms with E-state index in [4.69, 9.17) is 16.3 Å². The van der Waals surface area contributed by atoms with Crippen LogP contribution in [0, 0.1) is 6.92 Å². The Balaban J connectivity index is 1.57. The first-order valence-corrected chi connectivity index (χ1v) is 9.70. The van der Waals surface area contributed by atoms with Crippen LogP contribution in [0.2, 0.25) is 5.02 Å². The molecule has 0 unspecified atom stereocenters. The van der Waals surface area contributed by atoms with E-state index in [0.29, 0.717) is 16.3 Å². The number of ether oxygens (including phenoxy) is 1. The number of halogens is 2. The van der Waals surface area contributed by atoms with Crippen molar-refractivity contribution in [3.8, 4) is 5.75 Å². The Bertz CT molecular complexity index is 1050. The smallest absolute Gasteiger partial charge is 0.276 e. The summed E-state index contributed by atoms with van der Waals surface area (Å²) < 4.78 is 8.21. The minimum absolute atomic E-state index is 0.291. The lowest BCUT2D eigenvalue weighted by molar-refractivity contribution is -0.123. The third-order valence-electron chi connectivity index (χ3n) is 4.09. The average molecular weight is 466 g/mol. The van der Waals surface area contributed by atoms with E-state index < -0.39 is 11.8 Å². The average Bonchev–Trinajstić information content (AvgIpc) is 2.99. The number of aromatic nitrogens is 2. The number of fused-ring (bicyclic) bond motifs is 1. The van der Waals surface area contributed by atoms with Gasteiger partial charge in [-0.1, -0.05) is 27.5 Å². The molecule has 0 fully saturated rings. The first-order valence-electron chi connectivity index (χ1n) is 8.53. The second-order valence-electron chi connectivity index (χ2n) is 5.97. The van der Waals surface area contributed by atoms with Gasteiger partial charge in [-0.25, -0.2) is 4.98 Å². The zero-order valence-electron chi connectivity index (χ0n) is 15.3. The number of carbonyl (C=O) groups is 2. The van der Waals surface area contributed by atoms with Crippen molar-refractivity contribution in [3.63, 3.8) is 0 Å². The zero-order valence-corrected chi connectivity index (χ0v) is 17.6. The molecule has 2 amide bonds. The Morgan fingerprint density at radius 3 is 2.71 bits per heavy atom.